The molecule has 2 atom stereocenters. The first kappa shape index (κ1) is 13.2. The second-order valence-electron chi connectivity index (χ2n) is 2.86. The van der Waals surface area contributed by atoms with Crippen LogP contribution in [-0.2, 0) is 9.59 Å². The summed E-state index contributed by atoms with van der Waals surface area (Å²) in [6.07, 6.45) is 0. The highest BCUT2D eigenvalue weighted by atomic mass is 32.1. The molecule has 0 saturated carbocycles. The van der Waals surface area contributed by atoms with E-state index in [4.69, 9.17) is 5.11 Å². The van der Waals surface area contributed by atoms with Crippen molar-refractivity contribution in [2.24, 2.45) is 0 Å². The first-order chi connectivity index (χ1) is 6.52. The van der Waals surface area contributed by atoms with Crippen LogP contribution in [0.15, 0.2) is 0 Å². The minimum Gasteiger partial charge on any atom is -0.480 e. The number of carbonyl (C=O) groups excluding carboxylic acids is 1. The number of likely N-dealkylation sites (N-methyl/N-ethyl adjacent to an activating group) is 1. The normalized spacial score (nSPS) is 14.5. The van der Waals surface area contributed by atoms with Gasteiger partial charge in [0.2, 0.25) is 5.91 Å². The van der Waals surface area contributed by atoms with Crippen LogP contribution in [0.3, 0.4) is 0 Å². The highest BCUT2D eigenvalue weighted by Gasteiger charge is 2.20. The molecule has 0 unspecified atom stereocenters. The lowest BCUT2D eigenvalue weighted by atomic mass is 10.2. The van der Waals surface area contributed by atoms with E-state index in [2.05, 4.69) is 23.3 Å². The van der Waals surface area contributed by atoms with Gasteiger partial charge in [0.25, 0.3) is 0 Å². The van der Waals surface area contributed by atoms with Crippen molar-refractivity contribution in [3.63, 3.8) is 0 Å². The first-order valence-corrected chi connectivity index (χ1v) is 5.03. The van der Waals surface area contributed by atoms with Crippen LogP contribution < -0.4 is 10.6 Å². The molecule has 0 saturated heterocycles. The number of hydrogen-bond donors (Lipinski definition) is 4. The van der Waals surface area contributed by atoms with Gasteiger partial charge in [-0.05, 0) is 13.5 Å². The van der Waals surface area contributed by atoms with E-state index in [9.17, 15) is 9.59 Å². The fourth-order valence-corrected chi connectivity index (χ4v) is 1.16. The summed E-state index contributed by atoms with van der Waals surface area (Å²) < 4.78 is 0. The van der Waals surface area contributed by atoms with Gasteiger partial charge in [0, 0.05) is 5.75 Å². The molecule has 0 aromatic heterocycles. The van der Waals surface area contributed by atoms with Crippen molar-refractivity contribution >= 4 is 24.5 Å². The molecule has 1 amide bonds. The van der Waals surface area contributed by atoms with Gasteiger partial charge in [0.15, 0.2) is 0 Å². The van der Waals surface area contributed by atoms with Crippen LogP contribution in [-0.4, -0.2) is 41.4 Å². The standard InChI is InChI=1S/C8H16N2O3S/c1-3-9-6(4-14)7(11)10-5(2)8(12)13/h5-6,9,14H,3-4H2,1-2H3,(H,10,11)(H,12,13)/t5-,6-/m0/s1. The highest BCUT2D eigenvalue weighted by Crippen LogP contribution is 1.90. The van der Waals surface area contributed by atoms with E-state index in [1.165, 1.54) is 6.92 Å². The first-order valence-electron chi connectivity index (χ1n) is 4.40. The predicted molar refractivity (Wildman–Crippen MR) is 56.6 cm³/mol. The van der Waals surface area contributed by atoms with Crippen LogP contribution in [0.4, 0.5) is 0 Å². The number of nitrogens with one attached hydrogen (secondary N) is 2. The smallest absolute Gasteiger partial charge is 0.325 e. The maximum Gasteiger partial charge on any atom is 0.325 e. The lowest BCUT2D eigenvalue weighted by molar-refractivity contribution is -0.141. The van der Waals surface area contributed by atoms with Crippen molar-refractivity contribution in [1.29, 1.82) is 0 Å². The minimum absolute atomic E-state index is 0.336. The Hall–Kier alpha value is -0.750. The van der Waals surface area contributed by atoms with E-state index < -0.39 is 18.1 Å². The summed E-state index contributed by atoms with van der Waals surface area (Å²) in [6, 6.07) is -1.31. The number of amides is 1. The van der Waals surface area contributed by atoms with Crippen molar-refractivity contribution < 1.29 is 14.7 Å². The molecule has 0 rings (SSSR count). The molecule has 3 N–H and O–H groups in total. The Kier molecular flexibility index (Phi) is 6.31. The predicted octanol–water partition coefficient (Wildman–Crippen LogP) is -0.516. The Bertz CT molecular complexity index is 211. The molecule has 82 valence electrons. The molecule has 0 aliphatic rings. The monoisotopic (exact) mass is 220 g/mol. The van der Waals surface area contributed by atoms with Crippen LogP contribution >= 0.6 is 12.6 Å². The molecule has 0 fully saturated rings. The Balaban J connectivity index is 4.09. The van der Waals surface area contributed by atoms with Crippen molar-refractivity contribution in [2.75, 3.05) is 12.3 Å². The fraction of sp³-hybridized carbons (Fsp3) is 0.750. The van der Waals surface area contributed by atoms with Gasteiger partial charge in [-0.2, -0.15) is 12.6 Å². The van der Waals surface area contributed by atoms with Crippen LogP contribution in [0.5, 0.6) is 0 Å². The third-order valence-corrected chi connectivity index (χ3v) is 2.04. The highest BCUT2D eigenvalue weighted by molar-refractivity contribution is 7.80. The van der Waals surface area contributed by atoms with E-state index in [1.807, 2.05) is 6.92 Å². The zero-order valence-corrected chi connectivity index (χ0v) is 9.17. The van der Waals surface area contributed by atoms with Gasteiger partial charge in [-0.1, -0.05) is 6.92 Å². The van der Waals surface area contributed by atoms with Crippen LogP contribution in [0.1, 0.15) is 13.8 Å². The van der Waals surface area contributed by atoms with Crippen LogP contribution in [0, 0.1) is 0 Å². The average molecular weight is 220 g/mol. The molecule has 0 aromatic rings. The second-order valence-corrected chi connectivity index (χ2v) is 3.23. The maximum atomic E-state index is 11.4. The zero-order chi connectivity index (χ0) is 11.1. The van der Waals surface area contributed by atoms with E-state index >= 15 is 0 Å². The van der Waals surface area contributed by atoms with Crippen molar-refractivity contribution in [3.8, 4) is 0 Å². The molecule has 0 aromatic carbocycles. The second kappa shape index (κ2) is 6.67. The van der Waals surface area contributed by atoms with Crippen LogP contribution in [0.25, 0.3) is 0 Å². The Morgan fingerprint density at radius 3 is 2.43 bits per heavy atom. The maximum absolute atomic E-state index is 11.4. The summed E-state index contributed by atoms with van der Waals surface area (Å²) in [5, 5.41) is 13.8. The molecule has 0 radical (unpaired) electrons. The molecule has 5 nitrogen and oxygen atoms in total. The Morgan fingerprint density at radius 2 is 2.07 bits per heavy atom. The van der Waals surface area contributed by atoms with Gasteiger partial charge in [-0.25, -0.2) is 0 Å². The summed E-state index contributed by atoms with van der Waals surface area (Å²) in [4.78, 5) is 21.8. The third kappa shape index (κ3) is 4.48. The van der Waals surface area contributed by atoms with Gasteiger partial charge in [0.1, 0.15) is 6.04 Å². The van der Waals surface area contributed by atoms with E-state index in [-0.39, 0.29) is 5.91 Å². The molecular formula is C8H16N2O3S. The summed E-state index contributed by atoms with van der Waals surface area (Å²) in [6.45, 7) is 3.92. The number of aliphatic carboxylic acids is 1. The molecule has 0 spiro atoms. The lowest BCUT2D eigenvalue weighted by Crippen LogP contribution is -2.50. The minimum atomic E-state index is -1.05. The molecule has 14 heavy (non-hydrogen) atoms. The van der Waals surface area contributed by atoms with Gasteiger partial charge < -0.3 is 15.7 Å². The fourth-order valence-electron chi connectivity index (χ4n) is 0.862. The molecular weight excluding hydrogens is 204 g/mol. The molecule has 0 aliphatic carbocycles. The van der Waals surface area contributed by atoms with Crippen molar-refractivity contribution in [1.82, 2.24) is 10.6 Å². The van der Waals surface area contributed by atoms with Gasteiger partial charge >= 0.3 is 5.97 Å². The Morgan fingerprint density at radius 1 is 1.50 bits per heavy atom. The van der Waals surface area contributed by atoms with Gasteiger partial charge in [0.05, 0.1) is 6.04 Å². The summed E-state index contributed by atoms with van der Waals surface area (Å²) in [7, 11) is 0. The van der Waals surface area contributed by atoms with Crippen molar-refractivity contribution in [2.45, 2.75) is 25.9 Å². The summed E-state index contributed by atoms with van der Waals surface area (Å²) >= 11 is 3.99. The average Bonchev–Trinajstić information content (AvgIpc) is 2.13. The van der Waals surface area contributed by atoms with Gasteiger partial charge in [-0.3, -0.25) is 9.59 Å². The number of rotatable bonds is 6. The Labute approximate surface area is 88.7 Å². The number of thiol groups is 1. The van der Waals surface area contributed by atoms with E-state index in [1.54, 1.807) is 0 Å². The zero-order valence-electron chi connectivity index (χ0n) is 8.28. The molecule has 6 heteroatoms. The number of hydrogen-bond acceptors (Lipinski definition) is 4. The number of carboxylic acids is 1. The SMILES string of the molecule is CCN[C@@H](CS)C(=O)N[C@@H](C)C(=O)O. The quantitative estimate of drug-likeness (QED) is 0.454. The largest absolute Gasteiger partial charge is 0.480 e. The summed E-state index contributed by atoms with van der Waals surface area (Å²) in [5.41, 5.74) is 0. The number of carbonyl (C=O) groups is 2. The third-order valence-electron chi connectivity index (χ3n) is 1.68. The summed E-state index contributed by atoms with van der Waals surface area (Å²) in [5.74, 6) is -1.05. The molecule has 0 heterocycles. The topological polar surface area (TPSA) is 78.4 Å². The molecule has 0 bridgehead atoms. The van der Waals surface area contributed by atoms with E-state index in [0.717, 1.165) is 0 Å². The van der Waals surface area contributed by atoms with Crippen molar-refractivity contribution in [3.05, 3.63) is 0 Å². The molecule has 0 aliphatic heterocycles. The van der Waals surface area contributed by atoms with E-state index in [0.29, 0.717) is 12.3 Å². The van der Waals surface area contributed by atoms with Gasteiger partial charge in [-0.15, -0.1) is 0 Å². The number of carboxylic acid groups (broad SMARTS) is 1. The lowest BCUT2D eigenvalue weighted by Gasteiger charge is -2.17. The van der Waals surface area contributed by atoms with Crippen LogP contribution in [0.2, 0.25) is 0 Å².